The standard InChI is InChI=1S/C15H22OS5/c1-9(2)10(16)17-15-8-12(5)18-13(6,20-15)11(3,4)14(7,19-12)21-15/h1,8H2,2-7H3. The number of carbonyl (C=O) groups excluding carboxylic acids is 1. The predicted octanol–water partition coefficient (Wildman–Crippen LogP) is 6.01. The maximum Gasteiger partial charge on any atom is 0.216 e. The van der Waals surface area contributed by atoms with Gasteiger partial charge in [0.25, 0.3) is 0 Å². The zero-order chi connectivity index (χ0) is 15.9. The van der Waals surface area contributed by atoms with Gasteiger partial charge < -0.3 is 0 Å². The van der Waals surface area contributed by atoms with Crippen LogP contribution in [-0.4, -0.2) is 20.8 Å². The van der Waals surface area contributed by atoms with Gasteiger partial charge in [-0.3, -0.25) is 4.79 Å². The first-order valence-corrected chi connectivity index (χ1v) is 11.1. The van der Waals surface area contributed by atoms with E-state index < -0.39 is 0 Å². The van der Waals surface area contributed by atoms with Crippen LogP contribution in [0.25, 0.3) is 0 Å². The minimum absolute atomic E-state index is 0.0553. The van der Waals surface area contributed by atoms with Crippen molar-refractivity contribution in [1.29, 1.82) is 0 Å². The minimum atomic E-state index is -0.0553. The number of rotatable bonds is 2. The van der Waals surface area contributed by atoms with Crippen LogP contribution in [0.5, 0.6) is 0 Å². The Labute approximate surface area is 149 Å². The number of hydrogen-bond acceptors (Lipinski definition) is 6. The summed E-state index contributed by atoms with van der Waals surface area (Å²) >= 11 is 9.80. The molecule has 2 unspecified atom stereocenters. The Hall–Kier alpha value is 1.16. The molecule has 0 amide bonds. The smallest absolute Gasteiger partial charge is 0.216 e. The normalized spacial score (nSPS) is 50.2. The van der Waals surface area contributed by atoms with Crippen molar-refractivity contribution in [2.45, 2.75) is 63.6 Å². The molecule has 1 nitrogen and oxygen atoms in total. The lowest BCUT2D eigenvalue weighted by Crippen LogP contribution is -2.66. The Bertz CT molecular complexity index is 518. The molecule has 118 valence electrons. The molecule has 4 aliphatic heterocycles. The highest BCUT2D eigenvalue weighted by Crippen LogP contribution is 2.87. The topological polar surface area (TPSA) is 17.1 Å². The van der Waals surface area contributed by atoms with Crippen LogP contribution in [0.1, 0.15) is 48.0 Å². The van der Waals surface area contributed by atoms with Crippen molar-refractivity contribution in [3.8, 4) is 0 Å². The molecule has 0 N–H and O–H groups in total. The van der Waals surface area contributed by atoms with Crippen molar-refractivity contribution >= 4 is 63.9 Å². The number of hydrogen-bond donors (Lipinski definition) is 0. The van der Waals surface area contributed by atoms with E-state index >= 15 is 0 Å². The van der Waals surface area contributed by atoms with Gasteiger partial charge in [0, 0.05) is 11.8 Å². The zero-order valence-electron chi connectivity index (χ0n) is 13.4. The Kier molecular flexibility index (Phi) is 3.74. The molecule has 4 bridgehead atoms. The summed E-state index contributed by atoms with van der Waals surface area (Å²) in [6.07, 6.45) is 1.07. The van der Waals surface area contributed by atoms with Gasteiger partial charge in [0.05, 0.1) is 12.2 Å². The van der Waals surface area contributed by atoms with Crippen molar-refractivity contribution in [2.24, 2.45) is 5.41 Å². The van der Waals surface area contributed by atoms with Gasteiger partial charge in [-0.15, -0.1) is 47.0 Å². The summed E-state index contributed by atoms with van der Waals surface area (Å²) in [4.78, 5) is 12.3. The highest BCUT2D eigenvalue weighted by atomic mass is 32.3. The fourth-order valence-electron chi connectivity index (χ4n) is 3.27. The Balaban J connectivity index is 2.04. The van der Waals surface area contributed by atoms with Gasteiger partial charge in [-0.05, 0) is 33.3 Å². The van der Waals surface area contributed by atoms with Gasteiger partial charge in [0.1, 0.15) is 3.41 Å². The van der Waals surface area contributed by atoms with E-state index in [-0.39, 0.29) is 26.2 Å². The monoisotopic (exact) mass is 378 g/mol. The molecule has 0 aliphatic carbocycles. The summed E-state index contributed by atoms with van der Waals surface area (Å²) in [6.45, 7) is 17.6. The third-order valence-electron chi connectivity index (χ3n) is 4.93. The molecular weight excluding hydrogens is 356 g/mol. The number of thioether (sulfide) groups is 5. The Morgan fingerprint density at radius 2 is 1.48 bits per heavy atom. The molecule has 4 saturated heterocycles. The summed E-state index contributed by atoms with van der Waals surface area (Å²) in [5, 5.41) is 0.153. The van der Waals surface area contributed by atoms with E-state index in [0.29, 0.717) is 5.57 Å². The molecule has 4 heterocycles. The molecular formula is C15H22OS5. The van der Waals surface area contributed by atoms with E-state index in [4.69, 9.17) is 0 Å². The third-order valence-corrected chi connectivity index (χ3v) is 14.6. The second-order valence-corrected chi connectivity index (χ2v) is 17.2. The molecule has 4 fully saturated rings. The summed E-state index contributed by atoms with van der Waals surface area (Å²) in [6, 6.07) is 0. The molecule has 0 aromatic heterocycles. The highest BCUT2D eigenvalue weighted by Gasteiger charge is 2.75. The van der Waals surface area contributed by atoms with Crippen LogP contribution < -0.4 is 0 Å². The second kappa shape index (κ2) is 4.62. The van der Waals surface area contributed by atoms with Crippen LogP contribution in [0.15, 0.2) is 12.2 Å². The molecule has 0 radical (unpaired) electrons. The lowest BCUT2D eigenvalue weighted by atomic mass is 9.84. The first-order chi connectivity index (χ1) is 9.36. The zero-order valence-corrected chi connectivity index (χ0v) is 17.4. The highest BCUT2D eigenvalue weighted by molar-refractivity contribution is 8.47. The minimum Gasteiger partial charge on any atom is -0.282 e. The predicted molar refractivity (Wildman–Crippen MR) is 104 cm³/mol. The largest absolute Gasteiger partial charge is 0.282 e. The molecule has 4 rings (SSSR count). The molecule has 6 heteroatoms. The summed E-state index contributed by atoms with van der Waals surface area (Å²) in [5.74, 6) is 0. The van der Waals surface area contributed by atoms with Crippen LogP contribution in [0, 0.1) is 5.41 Å². The lowest BCUT2D eigenvalue weighted by Gasteiger charge is -2.72. The SMILES string of the molecule is C=C(C)C(=O)SC12CC3(C)SC(C)(S1)C(C)(C)C(C)(S3)S2. The maximum absolute atomic E-state index is 12.3. The molecule has 0 aromatic carbocycles. The summed E-state index contributed by atoms with van der Waals surface area (Å²) < 4.78 is 0.444. The van der Waals surface area contributed by atoms with Gasteiger partial charge in [0.2, 0.25) is 5.12 Å². The van der Waals surface area contributed by atoms with Crippen molar-refractivity contribution in [3.05, 3.63) is 12.2 Å². The fourth-order valence-corrected chi connectivity index (χ4v) is 18.2. The third kappa shape index (κ3) is 2.30. The number of carbonyl (C=O) groups is 1. The van der Waals surface area contributed by atoms with E-state index in [9.17, 15) is 4.79 Å². The van der Waals surface area contributed by atoms with E-state index in [1.165, 1.54) is 11.8 Å². The van der Waals surface area contributed by atoms with Gasteiger partial charge in [-0.1, -0.05) is 32.2 Å². The van der Waals surface area contributed by atoms with E-state index in [1.54, 1.807) is 0 Å². The average Bonchev–Trinajstić information content (AvgIpc) is 2.22. The molecule has 2 atom stereocenters. The summed E-state index contributed by atoms with van der Waals surface area (Å²) in [5.41, 5.74) is 0.873. The quantitative estimate of drug-likeness (QED) is 0.543. The maximum atomic E-state index is 12.3. The van der Waals surface area contributed by atoms with Crippen LogP contribution in [0.2, 0.25) is 0 Å². The molecule has 0 aromatic rings. The van der Waals surface area contributed by atoms with Gasteiger partial charge in [-0.25, -0.2) is 0 Å². The van der Waals surface area contributed by atoms with Crippen molar-refractivity contribution in [1.82, 2.24) is 0 Å². The fraction of sp³-hybridized carbons (Fsp3) is 0.800. The van der Waals surface area contributed by atoms with Crippen molar-refractivity contribution in [2.75, 3.05) is 0 Å². The Morgan fingerprint density at radius 1 is 1.00 bits per heavy atom. The average molecular weight is 379 g/mol. The molecule has 0 saturated carbocycles. The molecule has 0 spiro atoms. The second-order valence-electron chi connectivity index (χ2n) is 7.09. The molecule has 4 aliphatic rings. The summed E-state index contributed by atoms with van der Waals surface area (Å²) in [7, 11) is 0. The van der Waals surface area contributed by atoms with E-state index in [1.807, 2.05) is 30.4 Å². The van der Waals surface area contributed by atoms with Crippen LogP contribution in [0.4, 0.5) is 0 Å². The van der Waals surface area contributed by atoms with Crippen LogP contribution in [-0.2, 0) is 4.79 Å². The van der Waals surface area contributed by atoms with Crippen LogP contribution >= 0.6 is 58.8 Å². The molecule has 21 heavy (non-hydrogen) atoms. The lowest BCUT2D eigenvalue weighted by molar-refractivity contribution is -0.107. The van der Waals surface area contributed by atoms with E-state index in [2.05, 4.69) is 64.7 Å². The first-order valence-electron chi connectivity index (χ1n) is 7.06. The van der Waals surface area contributed by atoms with Gasteiger partial charge >= 0.3 is 0 Å². The Morgan fingerprint density at radius 3 is 1.90 bits per heavy atom. The van der Waals surface area contributed by atoms with Crippen molar-refractivity contribution < 1.29 is 4.79 Å². The van der Waals surface area contributed by atoms with Crippen LogP contribution in [0.3, 0.4) is 0 Å². The van der Waals surface area contributed by atoms with Crippen molar-refractivity contribution in [3.63, 3.8) is 0 Å². The van der Waals surface area contributed by atoms with E-state index in [0.717, 1.165) is 6.42 Å². The first kappa shape index (κ1) is 17.0. The van der Waals surface area contributed by atoms with Gasteiger partial charge in [-0.2, -0.15) is 0 Å². The van der Waals surface area contributed by atoms with Gasteiger partial charge in [0.15, 0.2) is 0 Å².